The SMILES string of the molecule is CN=C(NCc1ccc(Cn2ccccc2=O)cc1)NCc1ccc(C(=O)N(C)C)cc1.I. The van der Waals surface area contributed by atoms with E-state index >= 15 is 0 Å². The lowest BCUT2D eigenvalue weighted by Gasteiger charge is -2.13. The van der Waals surface area contributed by atoms with E-state index in [0.717, 1.165) is 16.7 Å². The summed E-state index contributed by atoms with van der Waals surface area (Å²) in [5.41, 5.74) is 3.90. The quantitative estimate of drug-likeness (QED) is 0.265. The van der Waals surface area contributed by atoms with Crippen LogP contribution in [0.1, 0.15) is 27.0 Å². The molecule has 1 heterocycles. The van der Waals surface area contributed by atoms with E-state index in [1.807, 2.05) is 54.6 Å². The molecule has 8 heteroatoms. The lowest BCUT2D eigenvalue weighted by molar-refractivity contribution is 0.0827. The first kappa shape index (κ1) is 26.1. The molecule has 0 unspecified atom stereocenters. The van der Waals surface area contributed by atoms with Gasteiger partial charge in [0.05, 0.1) is 6.54 Å². The highest BCUT2D eigenvalue weighted by molar-refractivity contribution is 14.0. The van der Waals surface area contributed by atoms with Gasteiger partial charge in [0.1, 0.15) is 0 Å². The fourth-order valence-corrected chi connectivity index (χ4v) is 3.17. The van der Waals surface area contributed by atoms with Crippen molar-refractivity contribution in [3.8, 4) is 0 Å². The Balaban J connectivity index is 0.00000385. The average Bonchev–Trinajstić information content (AvgIpc) is 2.81. The largest absolute Gasteiger partial charge is 0.352 e. The van der Waals surface area contributed by atoms with Crippen molar-refractivity contribution in [2.24, 2.45) is 4.99 Å². The topological polar surface area (TPSA) is 78.7 Å². The van der Waals surface area contributed by atoms with Crippen LogP contribution < -0.4 is 16.2 Å². The summed E-state index contributed by atoms with van der Waals surface area (Å²) in [6, 6.07) is 20.9. The van der Waals surface area contributed by atoms with E-state index in [1.54, 1.807) is 48.9 Å². The molecule has 3 rings (SSSR count). The summed E-state index contributed by atoms with van der Waals surface area (Å²) >= 11 is 0. The number of aliphatic imine (C=N–C) groups is 1. The predicted molar refractivity (Wildman–Crippen MR) is 143 cm³/mol. The maximum atomic E-state index is 12.0. The van der Waals surface area contributed by atoms with Gasteiger partial charge in [-0.15, -0.1) is 24.0 Å². The molecular formula is C25H30IN5O2. The molecule has 174 valence electrons. The van der Waals surface area contributed by atoms with Gasteiger partial charge >= 0.3 is 0 Å². The molecule has 0 saturated heterocycles. The summed E-state index contributed by atoms with van der Waals surface area (Å²) in [5, 5.41) is 6.58. The minimum atomic E-state index is -0.0103. The van der Waals surface area contributed by atoms with Gasteiger partial charge in [0, 0.05) is 52.1 Å². The molecule has 0 aliphatic heterocycles. The number of halogens is 1. The van der Waals surface area contributed by atoms with Crippen molar-refractivity contribution in [2.75, 3.05) is 21.1 Å². The number of carbonyl (C=O) groups excluding carboxylic acids is 1. The van der Waals surface area contributed by atoms with Crippen LogP contribution >= 0.6 is 24.0 Å². The van der Waals surface area contributed by atoms with Gasteiger partial charge in [0.25, 0.3) is 11.5 Å². The standard InChI is InChI=1S/C25H29N5O2.HI/c1-26-25(28-17-20-11-13-22(14-12-20)24(32)29(2)3)27-16-19-7-9-21(10-8-19)18-30-15-5-4-6-23(30)31;/h4-15H,16-18H2,1-3H3,(H2,26,27,28);1H. The number of guanidine groups is 1. The first-order chi connectivity index (χ1) is 15.5. The van der Waals surface area contributed by atoms with Gasteiger partial charge in [-0.2, -0.15) is 0 Å². The summed E-state index contributed by atoms with van der Waals surface area (Å²) < 4.78 is 1.68. The van der Waals surface area contributed by atoms with E-state index < -0.39 is 0 Å². The first-order valence-electron chi connectivity index (χ1n) is 10.4. The minimum absolute atomic E-state index is 0. The summed E-state index contributed by atoms with van der Waals surface area (Å²) in [5.74, 6) is 0.683. The molecule has 2 N–H and O–H groups in total. The average molecular weight is 559 g/mol. The molecule has 7 nitrogen and oxygen atoms in total. The Morgan fingerprint density at radius 3 is 1.94 bits per heavy atom. The van der Waals surface area contributed by atoms with Crippen LogP contribution in [0.15, 0.2) is 82.7 Å². The summed E-state index contributed by atoms with van der Waals surface area (Å²) in [7, 11) is 5.21. The first-order valence-corrected chi connectivity index (χ1v) is 10.4. The molecule has 0 aliphatic carbocycles. The molecular weight excluding hydrogens is 529 g/mol. The third-order valence-electron chi connectivity index (χ3n) is 5.03. The Morgan fingerprint density at radius 2 is 1.42 bits per heavy atom. The highest BCUT2D eigenvalue weighted by Gasteiger charge is 2.07. The molecule has 0 fully saturated rings. The van der Waals surface area contributed by atoms with Crippen molar-refractivity contribution >= 4 is 35.8 Å². The van der Waals surface area contributed by atoms with Gasteiger partial charge in [0.15, 0.2) is 5.96 Å². The molecule has 0 aliphatic rings. The zero-order valence-corrected chi connectivity index (χ0v) is 21.4. The smallest absolute Gasteiger partial charge is 0.253 e. The number of benzene rings is 2. The van der Waals surface area contributed by atoms with Crippen LogP contribution in [0, 0.1) is 0 Å². The number of hydrogen-bond donors (Lipinski definition) is 2. The Morgan fingerprint density at radius 1 is 0.879 bits per heavy atom. The lowest BCUT2D eigenvalue weighted by Crippen LogP contribution is -2.36. The molecule has 1 aromatic heterocycles. The number of pyridine rings is 1. The van der Waals surface area contributed by atoms with Crippen molar-refractivity contribution in [3.63, 3.8) is 0 Å². The van der Waals surface area contributed by atoms with E-state index in [2.05, 4.69) is 15.6 Å². The maximum absolute atomic E-state index is 12.0. The summed E-state index contributed by atoms with van der Waals surface area (Å²) in [6.07, 6.45) is 1.79. The number of hydrogen-bond acceptors (Lipinski definition) is 3. The predicted octanol–water partition coefficient (Wildman–Crippen LogP) is 3.08. The van der Waals surface area contributed by atoms with Crippen LogP contribution in [0.2, 0.25) is 0 Å². The van der Waals surface area contributed by atoms with Gasteiger partial charge in [0.2, 0.25) is 0 Å². The molecule has 0 atom stereocenters. The zero-order chi connectivity index (χ0) is 22.9. The van der Waals surface area contributed by atoms with E-state index in [-0.39, 0.29) is 35.4 Å². The third kappa shape index (κ3) is 7.74. The second kappa shape index (κ2) is 12.8. The fraction of sp³-hybridized carbons (Fsp3) is 0.240. The van der Waals surface area contributed by atoms with E-state index in [1.165, 1.54) is 0 Å². The lowest BCUT2D eigenvalue weighted by atomic mass is 10.1. The van der Waals surface area contributed by atoms with E-state index in [4.69, 9.17) is 0 Å². The van der Waals surface area contributed by atoms with E-state index in [9.17, 15) is 9.59 Å². The molecule has 0 saturated carbocycles. The third-order valence-corrected chi connectivity index (χ3v) is 5.03. The Bertz CT molecular complexity index is 1120. The van der Waals surface area contributed by atoms with Crippen molar-refractivity contribution in [1.29, 1.82) is 0 Å². The molecule has 0 radical (unpaired) electrons. The van der Waals surface area contributed by atoms with Crippen molar-refractivity contribution in [1.82, 2.24) is 20.1 Å². The van der Waals surface area contributed by atoms with Crippen LogP contribution in [0.25, 0.3) is 0 Å². The van der Waals surface area contributed by atoms with Gasteiger partial charge in [-0.3, -0.25) is 14.6 Å². The number of nitrogens with one attached hydrogen (secondary N) is 2. The van der Waals surface area contributed by atoms with Crippen LogP contribution in [0.4, 0.5) is 0 Å². The highest BCUT2D eigenvalue weighted by atomic mass is 127. The van der Waals surface area contributed by atoms with Gasteiger partial charge in [-0.1, -0.05) is 42.5 Å². The molecule has 1 amide bonds. The van der Waals surface area contributed by atoms with E-state index in [0.29, 0.717) is 31.2 Å². The van der Waals surface area contributed by atoms with Crippen molar-refractivity contribution < 1.29 is 4.79 Å². The normalized spacial score (nSPS) is 10.8. The number of amides is 1. The number of rotatable bonds is 7. The van der Waals surface area contributed by atoms with Gasteiger partial charge in [-0.05, 0) is 34.9 Å². The number of nitrogens with zero attached hydrogens (tertiary/aromatic N) is 3. The van der Waals surface area contributed by atoms with Gasteiger partial charge in [-0.25, -0.2) is 0 Å². The zero-order valence-electron chi connectivity index (χ0n) is 19.1. The molecule has 3 aromatic rings. The fourth-order valence-electron chi connectivity index (χ4n) is 3.17. The minimum Gasteiger partial charge on any atom is -0.352 e. The van der Waals surface area contributed by atoms with Crippen LogP contribution in [-0.4, -0.2) is 42.5 Å². The maximum Gasteiger partial charge on any atom is 0.253 e. The summed E-state index contributed by atoms with van der Waals surface area (Å²) in [4.78, 5) is 29.7. The number of aromatic nitrogens is 1. The van der Waals surface area contributed by atoms with Crippen LogP contribution in [0.5, 0.6) is 0 Å². The Kier molecular flexibility index (Phi) is 10.1. The Hall–Kier alpha value is -3.14. The molecule has 2 aromatic carbocycles. The van der Waals surface area contributed by atoms with Crippen molar-refractivity contribution in [2.45, 2.75) is 19.6 Å². The molecule has 0 spiro atoms. The molecule has 33 heavy (non-hydrogen) atoms. The second-order valence-electron chi connectivity index (χ2n) is 7.66. The second-order valence-corrected chi connectivity index (χ2v) is 7.66. The number of carbonyl (C=O) groups is 1. The highest BCUT2D eigenvalue weighted by Crippen LogP contribution is 2.07. The van der Waals surface area contributed by atoms with Crippen LogP contribution in [0.3, 0.4) is 0 Å². The van der Waals surface area contributed by atoms with Gasteiger partial charge < -0.3 is 20.1 Å². The molecule has 0 bridgehead atoms. The van der Waals surface area contributed by atoms with Crippen molar-refractivity contribution in [3.05, 3.63) is 106 Å². The monoisotopic (exact) mass is 559 g/mol. The summed E-state index contributed by atoms with van der Waals surface area (Å²) in [6.45, 7) is 1.78. The Labute approximate surface area is 211 Å². The van der Waals surface area contributed by atoms with Crippen LogP contribution in [-0.2, 0) is 19.6 Å².